The van der Waals surface area contributed by atoms with Gasteiger partial charge in [-0.15, -0.1) is 24.0 Å². The standard InChI is InChI=1S/C21H40N8.HI/c1-18(2)29(19(3)4)12-7-10-23-20(22-5)24-11-13-27-14-16-28(17-15-27)21-25-8-6-9-26-21;/h6,8-9,18-19H,7,10-17H2,1-5H3,(H2,22,23,24);1H. The van der Waals surface area contributed by atoms with Gasteiger partial charge in [0.25, 0.3) is 0 Å². The fraction of sp³-hybridized carbons (Fsp3) is 0.762. The van der Waals surface area contributed by atoms with E-state index in [1.807, 2.05) is 13.1 Å². The van der Waals surface area contributed by atoms with Crippen molar-refractivity contribution in [2.45, 2.75) is 46.2 Å². The third-order valence-corrected chi connectivity index (χ3v) is 5.36. The lowest BCUT2D eigenvalue weighted by Crippen LogP contribution is -2.49. The molecule has 0 spiro atoms. The van der Waals surface area contributed by atoms with Crippen LogP contribution < -0.4 is 15.5 Å². The van der Waals surface area contributed by atoms with Gasteiger partial charge in [0.15, 0.2) is 5.96 Å². The average molecular weight is 533 g/mol. The number of rotatable bonds is 10. The number of hydrogen-bond acceptors (Lipinski definition) is 6. The molecule has 8 nitrogen and oxygen atoms in total. The van der Waals surface area contributed by atoms with Crippen molar-refractivity contribution in [2.24, 2.45) is 4.99 Å². The van der Waals surface area contributed by atoms with Gasteiger partial charge in [0.2, 0.25) is 5.95 Å². The van der Waals surface area contributed by atoms with Gasteiger partial charge in [-0.1, -0.05) is 0 Å². The highest BCUT2D eigenvalue weighted by Crippen LogP contribution is 2.09. The first-order chi connectivity index (χ1) is 14.0. The number of anilines is 1. The molecule has 0 bridgehead atoms. The predicted octanol–water partition coefficient (Wildman–Crippen LogP) is 1.89. The van der Waals surface area contributed by atoms with Gasteiger partial charge in [-0.3, -0.25) is 14.8 Å². The molecular weight excluding hydrogens is 491 g/mol. The number of hydrogen-bond donors (Lipinski definition) is 2. The van der Waals surface area contributed by atoms with Gasteiger partial charge in [-0.05, 0) is 40.2 Å². The number of nitrogens with one attached hydrogen (secondary N) is 2. The quantitative estimate of drug-likeness (QED) is 0.207. The Morgan fingerprint density at radius 3 is 2.20 bits per heavy atom. The van der Waals surface area contributed by atoms with Gasteiger partial charge in [0, 0.05) is 83.9 Å². The zero-order chi connectivity index (χ0) is 21.1. The second-order valence-corrected chi connectivity index (χ2v) is 8.08. The molecule has 1 aliphatic rings. The molecule has 0 amide bonds. The van der Waals surface area contributed by atoms with Gasteiger partial charge in [-0.25, -0.2) is 9.97 Å². The molecule has 1 fully saturated rings. The molecule has 1 aromatic heterocycles. The van der Waals surface area contributed by atoms with Crippen LogP contribution in [-0.2, 0) is 0 Å². The summed E-state index contributed by atoms with van der Waals surface area (Å²) < 4.78 is 0. The molecule has 0 radical (unpaired) electrons. The van der Waals surface area contributed by atoms with E-state index in [0.29, 0.717) is 12.1 Å². The second-order valence-electron chi connectivity index (χ2n) is 8.08. The van der Waals surface area contributed by atoms with E-state index >= 15 is 0 Å². The van der Waals surface area contributed by atoms with E-state index in [1.54, 1.807) is 12.4 Å². The number of aliphatic imine (C=N–C) groups is 1. The molecule has 0 atom stereocenters. The topological polar surface area (TPSA) is 71.9 Å². The minimum atomic E-state index is 0. The molecule has 1 aromatic rings. The van der Waals surface area contributed by atoms with E-state index < -0.39 is 0 Å². The third-order valence-electron chi connectivity index (χ3n) is 5.36. The van der Waals surface area contributed by atoms with E-state index in [2.05, 4.69) is 68.0 Å². The van der Waals surface area contributed by atoms with Crippen LogP contribution in [-0.4, -0.2) is 97.2 Å². The van der Waals surface area contributed by atoms with Crippen molar-refractivity contribution in [1.29, 1.82) is 0 Å². The Morgan fingerprint density at radius 2 is 1.63 bits per heavy atom. The smallest absolute Gasteiger partial charge is 0.225 e. The summed E-state index contributed by atoms with van der Waals surface area (Å²) in [6.07, 6.45) is 4.72. The third kappa shape index (κ3) is 9.30. The molecule has 172 valence electrons. The maximum Gasteiger partial charge on any atom is 0.225 e. The van der Waals surface area contributed by atoms with Crippen LogP contribution in [0, 0.1) is 0 Å². The normalized spacial score (nSPS) is 15.6. The predicted molar refractivity (Wildman–Crippen MR) is 137 cm³/mol. The molecule has 9 heteroatoms. The average Bonchev–Trinajstić information content (AvgIpc) is 2.72. The lowest BCUT2D eigenvalue weighted by molar-refractivity contribution is 0.173. The Labute approximate surface area is 199 Å². The van der Waals surface area contributed by atoms with Crippen LogP contribution in [0.2, 0.25) is 0 Å². The van der Waals surface area contributed by atoms with Crippen LogP contribution >= 0.6 is 24.0 Å². The summed E-state index contributed by atoms with van der Waals surface area (Å²) in [6, 6.07) is 3.03. The number of piperazine rings is 1. The Kier molecular flexibility index (Phi) is 13.2. The number of halogens is 1. The van der Waals surface area contributed by atoms with Crippen LogP contribution in [0.1, 0.15) is 34.1 Å². The van der Waals surface area contributed by atoms with E-state index in [0.717, 1.165) is 70.7 Å². The Morgan fingerprint density at radius 1 is 1.03 bits per heavy atom. The first-order valence-electron chi connectivity index (χ1n) is 11.0. The molecule has 1 saturated heterocycles. The monoisotopic (exact) mass is 532 g/mol. The highest BCUT2D eigenvalue weighted by Gasteiger charge is 2.18. The number of aromatic nitrogens is 2. The minimum Gasteiger partial charge on any atom is -0.356 e. The lowest BCUT2D eigenvalue weighted by Gasteiger charge is -2.34. The maximum absolute atomic E-state index is 4.35. The van der Waals surface area contributed by atoms with Gasteiger partial charge in [-0.2, -0.15) is 0 Å². The first-order valence-corrected chi connectivity index (χ1v) is 11.0. The van der Waals surface area contributed by atoms with Crippen LogP contribution in [0.25, 0.3) is 0 Å². The van der Waals surface area contributed by atoms with Crippen molar-refractivity contribution < 1.29 is 0 Å². The van der Waals surface area contributed by atoms with Crippen LogP contribution in [0.4, 0.5) is 5.95 Å². The number of nitrogens with zero attached hydrogens (tertiary/aromatic N) is 6. The SMILES string of the molecule is CN=C(NCCCN(C(C)C)C(C)C)NCCN1CCN(c2ncccn2)CC1.I. The summed E-state index contributed by atoms with van der Waals surface area (Å²) in [5, 5.41) is 6.88. The van der Waals surface area contributed by atoms with Crippen molar-refractivity contribution in [3.63, 3.8) is 0 Å². The van der Waals surface area contributed by atoms with Gasteiger partial charge in [0.1, 0.15) is 0 Å². The second kappa shape index (κ2) is 14.7. The van der Waals surface area contributed by atoms with Crippen molar-refractivity contribution >= 4 is 35.9 Å². The molecule has 30 heavy (non-hydrogen) atoms. The van der Waals surface area contributed by atoms with Crippen LogP contribution in [0.5, 0.6) is 0 Å². The highest BCUT2D eigenvalue weighted by molar-refractivity contribution is 14.0. The van der Waals surface area contributed by atoms with E-state index in [-0.39, 0.29) is 24.0 Å². The summed E-state index contributed by atoms with van der Waals surface area (Å²) in [7, 11) is 1.84. The summed E-state index contributed by atoms with van der Waals surface area (Å²) >= 11 is 0. The Bertz CT molecular complexity index is 580. The summed E-state index contributed by atoms with van der Waals surface area (Å²) in [6.45, 7) is 17.0. The molecule has 0 aliphatic carbocycles. The summed E-state index contributed by atoms with van der Waals surface area (Å²) in [5.41, 5.74) is 0. The fourth-order valence-corrected chi connectivity index (χ4v) is 3.76. The Balaban J connectivity index is 0.00000450. The largest absolute Gasteiger partial charge is 0.356 e. The minimum absolute atomic E-state index is 0. The van der Waals surface area contributed by atoms with E-state index in [1.165, 1.54) is 0 Å². The van der Waals surface area contributed by atoms with Crippen LogP contribution in [0.15, 0.2) is 23.5 Å². The van der Waals surface area contributed by atoms with Crippen molar-refractivity contribution in [1.82, 2.24) is 30.4 Å². The molecule has 2 N–H and O–H groups in total. The van der Waals surface area contributed by atoms with Crippen molar-refractivity contribution in [3.8, 4) is 0 Å². The molecule has 2 rings (SSSR count). The zero-order valence-electron chi connectivity index (χ0n) is 19.3. The first kappa shape index (κ1) is 26.8. The summed E-state index contributed by atoms with van der Waals surface area (Å²) in [5.74, 6) is 1.73. The fourth-order valence-electron chi connectivity index (χ4n) is 3.76. The molecule has 2 heterocycles. The lowest BCUT2D eigenvalue weighted by atomic mass is 10.2. The highest BCUT2D eigenvalue weighted by atomic mass is 127. The van der Waals surface area contributed by atoms with E-state index in [4.69, 9.17) is 0 Å². The molecule has 0 unspecified atom stereocenters. The Hall–Kier alpha value is -1.20. The molecule has 0 aromatic carbocycles. The van der Waals surface area contributed by atoms with Gasteiger partial charge >= 0.3 is 0 Å². The van der Waals surface area contributed by atoms with Crippen molar-refractivity contribution in [3.05, 3.63) is 18.5 Å². The van der Waals surface area contributed by atoms with Crippen molar-refractivity contribution in [2.75, 3.05) is 64.3 Å². The van der Waals surface area contributed by atoms with Crippen LogP contribution in [0.3, 0.4) is 0 Å². The maximum atomic E-state index is 4.35. The molecule has 0 saturated carbocycles. The van der Waals surface area contributed by atoms with E-state index in [9.17, 15) is 0 Å². The van der Waals surface area contributed by atoms with Gasteiger partial charge in [0.05, 0.1) is 0 Å². The molecule has 1 aliphatic heterocycles. The summed E-state index contributed by atoms with van der Waals surface area (Å²) in [4.78, 5) is 20.3. The van der Waals surface area contributed by atoms with Gasteiger partial charge < -0.3 is 15.5 Å². The number of guanidine groups is 1. The zero-order valence-corrected chi connectivity index (χ0v) is 21.7. The molecular formula is C21H41IN8.